The molecule has 0 aliphatic heterocycles. The summed E-state index contributed by atoms with van der Waals surface area (Å²) < 4.78 is 25.4. The highest BCUT2D eigenvalue weighted by Crippen LogP contribution is 2.42. The average molecular weight is 515 g/mol. The van der Waals surface area contributed by atoms with Crippen LogP contribution in [0.5, 0.6) is 0 Å². The Balaban J connectivity index is 1.82. The summed E-state index contributed by atoms with van der Waals surface area (Å²) in [5.74, 6) is -0.861. The van der Waals surface area contributed by atoms with Crippen LogP contribution in [0.1, 0.15) is 41.6 Å². The molecule has 0 saturated carbocycles. The lowest BCUT2D eigenvalue weighted by atomic mass is 10.2. The number of rotatable bonds is 12. The Hall–Kier alpha value is -2.77. The second-order valence-corrected chi connectivity index (χ2v) is 11.9. The number of hydrogen-bond donors (Lipinski definition) is 2. The van der Waals surface area contributed by atoms with E-state index in [1.54, 1.807) is 26.8 Å². The molecule has 35 heavy (non-hydrogen) atoms. The summed E-state index contributed by atoms with van der Waals surface area (Å²) in [6, 6.07) is 16.3. The van der Waals surface area contributed by atoms with Crippen LogP contribution in [0.4, 0.5) is 0 Å². The summed E-state index contributed by atoms with van der Waals surface area (Å²) in [6.07, 6.45) is 1.42. The number of esters is 2. The van der Waals surface area contributed by atoms with Crippen LogP contribution in [0.3, 0.4) is 0 Å². The molecule has 186 valence electrons. The zero-order valence-electron chi connectivity index (χ0n) is 20.2. The minimum Gasteiger partial charge on any atom is -0.462 e. The zero-order valence-corrected chi connectivity index (χ0v) is 21.9. The predicted octanol–water partition coefficient (Wildman–Crippen LogP) is 5.66. The predicted molar refractivity (Wildman–Crippen MR) is 141 cm³/mol. The van der Waals surface area contributed by atoms with Crippen LogP contribution in [0.25, 0.3) is 10.1 Å². The maximum atomic E-state index is 14.0. The molecule has 1 heterocycles. The van der Waals surface area contributed by atoms with E-state index < -0.39 is 25.4 Å². The third-order valence-electron chi connectivity index (χ3n) is 5.01. The van der Waals surface area contributed by atoms with Gasteiger partial charge in [-0.2, -0.15) is 0 Å². The van der Waals surface area contributed by atoms with Crippen LogP contribution in [-0.2, 0) is 31.5 Å². The molecule has 2 unspecified atom stereocenters. The first-order chi connectivity index (χ1) is 16.7. The first-order valence-electron chi connectivity index (χ1n) is 11.4. The lowest BCUT2D eigenvalue weighted by Gasteiger charge is -2.25. The van der Waals surface area contributed by atoms with Crippen LogP contribution in [0.2, 0.25) is 0 Å². The van der Waals surface area contributed by atoms with Gasteiger partial charge in [-0.05, 0) is 55.5 Å². The normalized spacial score (nSPS) is 13.8. The Morgan fingerprint density at radius 2 is 1.83 bits per heavy atom. The maximum absolute atomic E-state index is 14.0. The minimum absolute atomic E-state index is 0.150. The van der Waals surface area contributed by atoms with Crippen LogP contribution in [-0.4, -0.2) is 30.7 Å². The lowest BCUT2D eigenvalue weighted by Crippen LogP contribution is -2.38. The molecule has 0 aliphatic carbocycles. The minimum atomic E-state index is -3.27. The van der Waals surface area contributed by atoms with Gasteiger partial charge in [-0.3, -0.25) is 14.4 Å². The second kappa shape index (κ2) is 12.3. The zero-order chi connectivity index (χ0) is 25.4. The Bertz CT molecular complexity index is 1220. The summed E-state index contributed by atoms with van der Waals surface area (Å²) in [7, 11) is -3.27. The van der Waals surface area contributed by atoms with Crippen LogP contribution >= 0.6 is 18.8 Å². The van der Waals surface area contributed by atoms with E-state index in [-0.39, 0.29) is 18.9 Å². The highest BCUT2D eigenvalue weighted by atomic mass is 32.1. The maximum Gasteiger partial charge on any atom is 0.348 e. The smallest absolute Gasteiger partial charge is 0.348 e. The molecule has 0 spiro atoms. The van der Waals surface area contributed by atoms with Crippen LogP contribution in [0.15, 0.2) is 67.3 Å². The van der Waals surface area contributed by atoms with Crippen molar-refractivity contribution in [2.24, 2.45) is 0 Å². The molecule has 2 atom stereocenters. The van der Waals surface area contributed by atoms with Crippen molar-refractivity contribution in [1.29, 1.82) is 0 Å². The molecule has 0 fully saturated rings. The fraction of sp³-hybridized carbons (Fsp3) is 0.308. The van der Waals surface area contributed by atoms with Gasteiger partial charge in [0.25, 0.3) is 0 Å². The Labute approximate surface area is 210 Å². The van der Waals surface area contributed by atoms with E-state index in [9.17, 15) is 14.2 Å². The Morgan fingerprint density at radius 1 is 1.09 bits per heavy atom. The van der Waals surface area contributed by atoms with E-state index in [1.165, 1.54) is 17.4 Å². The number of thiophene rings is 1. The van der Waals surface area contributed by atoms with Crippen molar-refractivity contribution < 1.29 is 23.6 Å². The Kier molecular flexibility index (Phi) is 9.40. The molecule has 1 aromatic heterocycles. The molecule has 2 N–H and O–H groups in total. The molecule has 0 radical (unpaired) electrons. The van der Waals surface area contributed by atoms with Gasteiger partial charge in [0.1, 0.15) is 17.5 Å². The molecule has 0 bridgehead atoms. The van der Waals surface area contributed by atoms with Crippen LogP contribution in [0, 0.1) is 0 Å². The van der Waals surface area contributed by atoms with Crippen molar-refractivity contribution in [3.05, 3.63) is 83.3 Å². The van der Waals surface area contributed by atoms with Gasteiger partial charge < -0.3 is 9.47 Å². The molecule has 0 aliphatic rings. The van der Waals surface area contributed by atoms with Crippen molar-refractivity contribution in [2.45, 2.75) is 45.6 Å². The molecular weight excluding hydrogens is 483 g/mol. The first-order valence-corrected chi connectivity index (χ1v) is 14.1. The van der Waals surface area contributed by atoms with Gasteiger partial charge in [0, 0.05) is 11.2 Å². The van der Waals surface area contributed by atoms with E-state index >= 15 is 0 Å². The van der Waals surface area contributed by atoms with Gasteiger partial charge in [0.2, 0.25) is 7.44 Å². The number of ether oxygens (including phenoxy) is 2. The number of hydrogen-bond acceptors (Lipinski definition) is 6. The summed E-state index contributed by atoms with van der Waals surface area (Å²) >= 11 is 1.34. The summed E-state index contributed by atoms with van der Waals surface area (Å²) in [4.78, 5) is 25.1. The third-order valence-corrected chi connectivity index (χ3v) is 8.39. The Morgan fingerprint density at radius 3 is 2.51 bits per heavy atom. The molecule has 3 rings (SSSR count). The number of carbonyl (C=O) groups is 2. The standard InChI is InChI=1S/C26H31N2O5PS/c1-5-13-32-26(30)24-15-22-14-21(11-12-23(22)35-24)17-34(31,27-16-20-9-7-6-8-10-20)28-19(4)25(29)33-18(2)3/h5-12,14-15,18-19H,1,13,16-17H2,2-4H3,(H2,27,28,31). The van der Waals surface area contributed by atoms with Gasteiger partial charge >= 0.3 is 11.9 Å². The van der Waals surface area contributed by atoms with Gasteiger partial charge in [-0.1, -0.05) is 49.1 Å². The molecular formula is C26H31N2O5PS. The van der Waals surface area contributed by atoms with Gasteiger partial charge in [0.05, 0.1) is 12.3 Å². The third kappa shape index (κ3) is 7.87. The van der Waals surface area contributed by atoms with E-state index in [4.69, 9.17) is 9.47 Å². The number of benzene rings is 2. The van der Waals surface area contributed by atoms with Crippen LogP contribution < -0.4 is 10.2 Å². The monoisotopic (exact) mass is 514 g/mol. The molecule has 9 heteroatoms. The molecule has 7 nitrogen and oxygen atoms in total. The second-order valence-electron chi connectivity index (χ2n) is 8.42. The summed E-state index contributed by atoms with van der Waals surface area (Å²) in [5.41, 5.74) is 1.78. The van der Waals surface area contributed by atoms with Gasteiger partial charge in [-0.25, -0.2) is 9.88 Å². The summed E-state index contributed by atoms with van der Waals surface area (Å²) in [6.45, 7) is 9.27. The van der Waals surface area contributed by atoms with E-state index in [0.717, 1.165) is 21.2 Å². The number of fused-ring (bicyclic) bond motifs is 1. The first kappa shape index (κ1) is 26.8. The van der Waals surface area contributed by atoms with E-state index in [0.29, 0.717) is 11.4 Å². The van der Waals surface area contributed by atoms with Gasteiger partial charge in [-0.15, -0.1) is 11.3 Å². The van der Waals surface area contributed by atoms with Gasteiger partial charge in [0.15, 0.2) is 0 Å². The van der Waals surface area contributed by atoms with E-state index in [1.807, 2.05) is 48.5 Å². The lowest BCUT2D eigenvalue weighted by molar-refractivity contribution is -0.148. The fourth-order valence-corrected chi connectivity index (χ4v) is 6.53. The highest BCUT2D eigenvalue weighted by molar-refractivity contribution is 7.59. The number of carbonyl (C=O) groups excluding carboxylic acids is 2. The largest absolute Gasteiger partial charge is 0.462 e. The molecule has 2 aromatic carbocycles. The highest BCUT2D eigenvalue weighted by Gasteiger charge is 2.28. The SMILES string of the molecule is C=CCOC(=O)c1cc2cc(CP(=O)(NCc3ccccc3)NC(C)C(=O)OC(C)C)ccc2s1. The van der Waals surface area contributed by atoms with Crippen molar-refractivity contribution in [3.63, 3.8) is 0 Å². The molecule has 3 aromatic rings. The molecule has 0 amide bonds. The van der Waals surface area contributed by atoms with Crippen molar-refractivity contribution >= 4 is 40.8 Å². The van der Waals surface area contributed by atoms with Crippen molar-refractivity contribution in [1.82, 2.24) is 10.2 Å². The van der Waals surface area contributed by atoms with E-state index in [2.05, 4.69) is 16.8 Å². The van der Waals surface area contributed by atoms with Crippen molar-refractivity contribution in [3.8, 4) is 0 Å². The fourth-order valence-electron chi connectivity index (χ4n) is 3.42. The quantitative estimate of drug-likeness (QED) is 0.183. The molecule has 0 saturated heterocycles. The topological polar surface area (TPSA) is 93.7 Å². The average Bonchev–Trinajstić information content (AvgIpc) is 3.25. The number of nitrogens with one attached hydrogen (secondary N) is 2. The summed E-state index contributed by atoms with van der Waals surface area (Å²) in [5, 5.41) is 7.01. The van der Waals surface area contributed by atoms with Crippen molar-refractivity contribution in [2.75, 3.05) is 6.61 Å².